The molecule has 1 fully saturated rings. The van der Waals surface area contributed by atoms with Crippen LogP contribution in [0.3, 0.4) is 0 Å². The molecule has 0 radical (unpaired) electrons. The van der Waals surface area contributed by atoms with Crippen LogP contribution in [-0.4, -0.2) is 70.5 Å². The molecule has 1 aliphatic heterocycles. The molecule has 2 N–H and O–H groups in total. The highest BCUT2D eigenvalue weighted by Crippen LogP contribution is 2.31. The summed E-state index contributed by atoms with van der Waals surface area (Å²) in [6.45, 7) is 14.9. The molecule has 0 saturated carbocycles. The highest BCUT2D eigenvalue weighted by atomic mass is 16.5. The van der Waals surface area contributed by atoms with Gasteiger partial charge < -0.3 is 24.6 Å². The number of aromatic nitrogens is 2. The summed E-state index contributed by atoms with van der Waals surface area (Å²) in [4.78, 5) is 20.5. The third-order valence-corrected chi connectivity index (χ3v) is 8.11. The van der Waals surface area contributed by atoms with E-state index in [1.165, 1.54) is 16.9 Å². The zero-order valence-electron chi connectivity index (χ0n) is 24.4. The van der Waals surface area contributed by atoms with Crippen LogP contribution in [0.25, 0.3) is 11.0 Å². The average molecular weight is 535 g/mol. The van der Waals surface area contributed by atoms with Crippen LogP contribution in [0.1, 0.15) is 70.3 Å². The highest BCUT2D eigenvalue weighted by molar-refractivity contribution is 5.87. The molecule has 4 rings (SSSR count). The Bertz CT molecular complexity index is 1220. The van der Waals surface area contributed by atoms with Crippen LogP contribution in [0.5, 0.6) is 0 Å². The Balaban J connectivity index is 1.32. The second-order valence-electron chi connectivity index (χ2n) is 12.0. The fourth-order valence-corrected chi connectivity index (χ4v) is 5.37. The third-order valence-electron chi connectivity index (χ3n) is 8.11. The number of para-hydroxylation sites is 2. The number of carbonyl (C=O) groups is 1. The number of ether oxygens (including phenoxy) is 1. The Morgan fingerprint density at radius 3 is 2.41 bits per heavy atom. The van der Waals surface area contributed by atoms with Gasteiger partial charge in [0.25, 0.3) is 0 Å². The molecule has 1 saturated heterocycles. The number of piperidine rings is 1. The molecule has 0 atom stereocenters. The summed E-state index contributed by atoms with van der Waals surface area (Å²) in [6, 6.07) is 16.9. The van der Waals surface area contributed by atoms with Crippen LogP contribution >= 0.6 is 0 Å². The Labute approximate surface area is 233 Å². The van der Waals surface area contributed by atoms with Gasteiger partial charge in [-0.05, 0) is 90.2 Å². The van der Waals surface area contributed by atoms with Gasteiger partial charge in [0, 0.05) is 25.6 Å². The molecule has 39 heavy (non-hydrogen) atoms. The molecule has 0 bridgehead atoms. The van der Waals surface area contributed by atoms with Crippen LogP contribution in [-0.2, 0) is 27.9 Å². The van der Waals surface area contributed by atoms with E-state index in [1.54, 1.807) is 0 Å². The first-order valence-electron chi connectivity index (χ1n) is 14.4. The van der Waals surface area contributed by atoms with Gasteiger partial charge in [-0.2, -0.15) is 0 Å². The van der Waals surface area contributed by atoms with Gasteiger partial charge in [0.1, 0.15) is 5.82 Å². The third kappa shape index (κ3) is 7.07. The second kappa shape index (κ2) is 12.6. The van der Waals surface area contributed by atoms with Gasteiger partial charge in [0.2, 0.25) is 5.91 Å². The molecular weight excluding hydrogens is 488 g/mol. The van der Waals surface area contributed by atoms with Crippen molar-refractivity contribution in [3.63, 3.8) is 0 Å². The molecule has 2 aromatic carbocycles. The van der Waals surface area contributed by atoms with Crippen molar-refractivity contribution in [3.05, 3.63) is 65.5 Å². The number of hydrogen-bond donors (Lipinski definition) is 2. The van der Waals surface area contributed by atoms with Gasteiger partial charge in [0.05, 0.1) is 35.2 Å². The molecular formula is C32H46N4O3. The zero-order valence-corrected chi connectivity index (χ0v) is 24.4. The smallest absolute Gasteiger partial charge is 0.230 e. The largest absolute Gasteiger partial charge is 0.394 e. The Hall–Kier alpha value is -2.74. The van der Waals surface area contributed by atoms with Gasteiger partial charge >= 0.3 is 0 Å². The molecule has 3 aromatic rings. The van der Waals surface area contributed by atoms with Crippen LogP contribution < -0.4 is 5.32 Å². The minimum atomic E-state index is -0.675. The van der Waals surface area contributed by atoms with Gasteiger partial charge in [-0.25, -0.2) is 4.98 Å². The first kappa shape index (κ1) is 29.2. The number of benzene rings is 2. The van der Waals surface area contributed by atoms with E-state index in [0.717, 1.165) is 63.1 Å². The van der Waals surface area contributed by atoms with E-state index in [0.29, 0.717) is 12.5 Å². The first-order chi connectivity index (χ1) is 18.6. The number of likely N-dealkylation sites (tertiary alicyclic amines) is 1. The molecule has 7 heteroatoms. The quantitative estimate of drug-likeness (QED) is 0.331. The Kier molecular flexibility index (Phi) is 9.47. The second-order valence-corrected chi connectivity index (χ2v) is 12.0. The van der Waals surface area contributed by atoms with E-state index in [2.05, 4.69) is 63.3 Å². The number of hydrogen-bond acceptors (Lipinski definition) is 5. The zero-order chi connectivity index (χ0) is 28.0. The van der Waals surface area contributed by atoms with Crippen molar-refractivity contribution in [3.8, 4) is 0 Å². The van der Waals surface area contributed by atoms with Crippen molar-refractivity contribution in [1.29, 1.82) is 0 Å². The number of rotatable bonds is 12. The van der Waals surface area contributed by atoms with Gasteiger partial charge in [-0.15, -0.1) is 0 Å². The Morgan fingerprint density at radius 2 is 1.74 bits per heavy atom. The topological polar surface area (TPSA) is 79.6 Å². The lowest BCUT2D eigenvalue weighted by Crippen LogP contribution is -2.52. The summed E-state index contributed by atoms with van der Waals surface area (Å²) in [5.74, 6) is 1.60. The monoisotopic (exact) mass is 534 g/mol. The maximum Gasteiger partial charge on any atom is 0.230 e. The summed E-state index contributed by atoms with van der Waals surface area (Å²) in [5, 5.41) is 12.5. The number of fused-ring (bicyclic) bond motifs is 1. The minimum absolute atomic E-state index is 0.0800. The number of nitrogens with zero attached hydrogens (tertiary/aromatic N) is 3. The number of nitrogens with one attached hydrogen (secondary N) is 1. The SMILES string of the molecule is CCOCCn1c(C2CCN(CCc3ccc(C(C)(C)C(=O)NC(C)(C)CO)cc3)CC2)nc2ccccc21. The van der Waals surface area contributed by atoms with E-state index >= 15 is 0 Å². The number of carbonyl (C=O) groups excluding carboxylic acids is 1. The van der Waals surface area contributed by atoms with E-state index in [4.69, 9.17) is 9.72 Å². The fraction of sp³-hybridized carbons (Fsp3) is 0.562. The fourth-order valence-electron chi connectivity index (χ4n) is 5.37. The predicted octanol–water partition coefficient (Wildman–Crippen LogP) is 4.66. The molecule has 1 aliphatic rings. The molecule has 1 amide bonds. The van der Waals surface area contributed by atoms with Crippen molar-refractivity contribution < 1.29 is 14.6 Å². The maximum atomic E-state index is 12.9. The first-order valence-corrected chi connectivity index (χ1v) is 14.4. The van der Waals surface area contributed by atoms with Gasteiger partial charge in [0.15, 0.2) is 0 Å². The van der Waals surface area contributed by atoms with Crippen molar-refractivity contribution >= 4 is 16.9 Å². The minimum Gasteiger partial charge on any atom is -0.394 e. The molecule has 2 heterocycles. The normalized spacial score (nSPS) is 15.6. The van der Waals surface area contributed by atoms with Crippen LogP contribution in [0.4, 0.5) is 0 Å². The molecule has 0 aliphatic carbocycles. The molecule has 7 nitrogen and oxygen atoms in total. The summed E-state index contributed by atoms with van der Waals surface area (Å²) >= 11 is 0. The van der Waals surface area contributed by atoms with Gasteiger partial charge in [-0.1, -0.05) is 36.4 Å². The van der Waals surface area contributed by atoms with Crippen LogP contribution in [0.15, 0.2) is 48.5 Å². The summed E-state index contributed by atoms with van der Waals surface area (Å²) in [7, 11) is 0. The van der Waals surface area contributed by atoms with Crippen molar-refractivity contribution in [2.45, 2.75) is 77.3 Å². The molecule has 212 valence electrons. The average Bonchev–Trinajstić information content (AvgIpc) is 3.31. The standard InChI is InChI=1S/C32H46N4O3/c1-6-39-22-21-36-28-10-8-7-9-27(28)33-29(36)25-16-19-35(20-17-25)18-15-24-11-13-26(14-12-24)32(4,5)30(38)34-31(2,3)23-37/h7-14,25,37H,6,15-23H2,1-5H3,(H,34,38). The molecule has 0 unspecified atom stereocenters. The van der Waals surface area contributed by atoms with E-state index in [9.17, 15) is 9.90 Å². The van der Waals surface area contributed by atoms with E-state index < -0.39 is 11.0 Å². The van der Waals surface area contributed by atoms with Crippen molar-refractivity contribution in [1.82, 2.24) is 19.8 Å². The summed E-state index contributed by atoms with van der Waals surface area (Å²) in [6.07, 6.45) is 3.22. The lowest BCUT2D eigenvalue weighted by Gasteiger charge is -2.32. The number of aliphatic hydroxyl groups excluding tert-OH is 1. The highest BCUT2D eigenvalue weighted by Gasteiger charge is 2.33. The van der Waals surface area contributed by atoms with Crippen LogP contribution in [0, 0.1) is 0 Å². The lowest BCUT2D eigenvalue weighted by molar-refractivity contribution is -0.127. The van der Waals surface area contributed by atoms with Gasteiger partial charge in [-0.3, -0.25) is 4.79 Å². The molecule has 0 spiro atoms. The number of amides is 1. The predicted molar refractivity (Wildman–Crippen MR) is 157 cm³/mol. The van der Waals surface area contributed by atoms with E-state index in [-0.39, 0.29) is 12.5 Å². The van der Waals surface area contributed by atoms with Crippen molar-refractivity contribution in [2.75, 3.05) is 39.5 Å². The van der Waals surface area contributed by atoms with E-state index in [1.807, 2.05) is 34.6 Å². The summed E-state index contributed by atoms with van der Waals surface area (Å²) < 4.78 is 8.04. The van der Waals surface area contributed by atoms with Crippen molar-refractivity contribution in [2.24, 2.45) is 0 Å². The Morgan fingerprint density at radius 1 is 1.05 bits per heavy atom. The number of imidazole rings is 1. The number of aliphatic hydroxyl groups is 1. The summed E-state index contributed by atoms with van der Waals surface area (Å²) in [5.41, 5.74) is 3.23. The molecule has 1 aromatic heterocycles. The maximum absolute atomic E-state index is 12.9. The van der Waals surface area contributed by atoms with Crippen LogP contribution in [0.2, 0.25) is 0 Å². The lowest BCUT2D eigenvalue weighted by atomic mass is 9.82.